The van der Waals surface area contributed by atoms with E-state index in [4.69, 9.17) is 4.74 Å². The van der Waals surface area contributed by atoms with Gasteiger partial charge in [-0.2, -0.15) is 12.7 Å². The molecule has 33 heavy (non-hydrogen) atoms. The molecular weight excluding hydrogens is 440 g/mol. The van der Waals surface area contributed by atoms with Crippen LogP contribution in [0.25, 0.3) is 0 Å². The van der Waals surface area contributed by atoms with Crippen molar-refractivity contribution < 1.29 is 17.9 Å². The van der Waals surface area contributed by atoms with Crippen molar-refractivity contribution in [2.24, 2.45) is 5.92 Å². The predicted molar refractivity (Wildman–Crippen MR) is 132 cm³/mol. The van der Waals surface area contributed by atoms with Crippen molar-refractivity contribution in [2.45, 2.75) is 51.9 Å². The number of hydrogen-bond acceptors (Lipinski definition) is 5. The fourth-order valence-electron chi connectivity index (χ4n) is 4.75. The van der Waals surface area contributed by atoms with Gasteiger partial charge in [0.1, 0.15) is 5.75 Å². The van der Waals surface area contributed by atoms with Gasteiger partial charge in [0.2, 0.25) is 5.91 Å². The number of carbonyl (C=O) groups excluding carboxylic acids is 1. The average Bonchev–Trinajstić information content (AvgIpc) is 3.11. The van der Waals surface area contributed by atoms with E-state index in [-0.39, 0.29) is 18.4 Å². The Morgan fingerprint density at radius 1 is 1.09 bits per heavy atom. The molecule has 9 heteroatoms. The van der Waals surface area contributed by atoms with E-state index in [2.05, 4.69) is 10.2 Å². The number of ether oxygens (including phenoxy) is 1. The topological polar surface area (TPSA) is 82.2 Å². The molecule has 2 fully saturated rings. The third-order valence-electron chi connectivity index (χ3n) is 6.66. The lowest BCUT2D eigenvalue weighted by Gasteiger charge is -2.35. The van der Waals surface area contributed by atoms with E-state index in [1.54, 1.807) is 31.4 Å². The molecule has 2 aliphatic rings. The summed E-state index contributed by atoms with van der Waals surface area (Å²) in [6.07, 6.45) is 7.52. The van der Waals surface area contributed by atoms with Crippen LogP contribution < -0.4 is 14.4 Å². The van der Waals surface area contributed by atoms with Crippen LogP contribution in [0.15, 0.2) is 24.3 Å². The molecule has 0 spiro atoms. The number of anilines is 1. The second-order valence-corrected chi connectivity index (χ2v) is 10.8. The summed E-state index contributed by atoms with van der Waals surface area (Å²) in [5.41, 5.74) is 0.596. The standard InChI is InChI=1S/C24H40N4O4S/c1-3-28(22-11-13-23(32-2)14-12-22)33(30,31)27-19-8-10-21(20-27)24(29)25-15-9-18-26-16-6-4-5-7-17-26/h11-14,21H,3-10,15-20H2,1-2H3,(H,25,29)/t21-/m1/s1. The molecule has 0 unspecified atom stereocenters. The highest BCUT2D eigenvalue weighted by atomic mass is 32.2. The summed E-state index contributed by atoms with van der Waals surface area (Å²) in [7, 11) is -2.14. The summed E-state index contributed by atoms with van der Waals surface area (Å²) in [6, 6.07) is 7.01. The summed E-state index contributed by atoms with van der Waals surface area (Å²) < 4.78 is 34.8. The first-order valence-corrected chi connectivity index (χ1v) is 13.8. The van der Waals surface area contributed by atoms with Crippen molar-refractivity contribution in [3.05, 3.63) is 24.3 Å². The number of likely N-dealkylation sites (tertiary alicyclic amines) is 1. The Kier molecular flexibility index (Phi) is 9.82. The largest absolute Gasteiger partial charge is 0.497 e. The van der Waals surface area contributed by atoms with Crippen LogP contribution in [0.4, 0.5) is 5.69 Å². The molecule has 3 rings (SSSR count). The van der Waals surface area contributed by atoms with Crippen LogP contribution in [-0.4, -0.2) is 76.5 Å². The van der Waals surface area contributed by atoms with E-state index in [1.807, 2.05) is 6.92 Å². The maximum atomic E-state index is 13.4. The molecule has 1 aromatic rings. The summed E-state index contributed by atoms with van der Waals surface area (Å²) in [6.45, 7) is 6.78. The second kappa shape index (κ2) is 12.6. The molecule has 186 valence electrons. The van der Waals surface area contributed by atoms with Gasteiger partial charge in [0.25, 0.3) is 0 Å². The van der Waals surface area contributed by atoms with Gasteiger partial charge in [-0.3, -0.25) is 9.10 Å². The van der Waals surface area contributed by atoms with Crippen LogP contribution in [-0.2, 0) is 15.0 Å². The Bertz CT molecular complexity index is 839. The average molecular weight is 481 g/mol. The molecule has 1 amide bonds. The zero-order valence-corrected chi connectivity index (χ0v) is 21.0. The molecule has 2 aliphatic heterocycles. The molecule has 2 saturated heterocycles. The second-order valence-electron chi connectivity index (χ2n) is 8.97. The predicted octanol–water partition coefficient (Wildman–Crippen LogP) is 2.86. The minimum atomic E-state index is -3.72. The lowest BCUT2D eigenvalue weighted by Crippen LogP contribution is -2.50. The van der Waals surface area contributed by atoms with Gasteiger partial charge < -0.3 is 15.0 Å². The first kappa shape index (κ1) is 25.8. The van der Waals surface area contributed by atoms with E-state index >= 15 is 0 Å². The van der Waals surface area contributed by atoms with Crippen LogP contribution in [0, 0.1) is 5.92 Å². The van der Waals surface area contributed by atoms with Crippen molar-refractivity contribution in [1.82, 2.24) is 14.5 Å². The quantitative estimate of drug-likeness (QED) is 0.521. The molecule has 0 radical (unpaired) electrons. The Hall–Kier alpha value is -1.84. The molecular formula is C24H40N4O4S. The monoisotopic (exact) mass is 480 g/mol. The molecule has 0 saturated carbocycles. The lowest BCUT2D eigenvalue weighted by atomic mass is 9.99. The first-order valence-electron chi connectivity index (χ1n) is 12.4. The first-order chi connectivity index (χ1) is 16.0. The molecule has 2 heterocycles. The zero-order valence-electron chi connectivity index (χ0n) is 20.2. The summed E-state index contributed by atoms with van der Waals surface area (Å²) in [4.78, 5) is 15.3. The van der Waals surface area contributed by atoms with Gasteiger partial charge in [0.15, 0.2) is 0 Å². The van der Waals surface area contributed by atoms with Crippen LogP contribution in [0.1, 0.15) is 51.9 Å². The highest BCUT2D eigenvalue weighted by Gasteiger charge is 2.35. The molecule has 1 N–H and O–H groups in total. The van der Waals surface area contributed by atoms with Crippen molar-refractivity contribution >= 4 is 21.8 Å². The fourth-order valence-corrected chi connectivity index (χ4v) is 6.47. The Morgan fingerprint density at radius 3 is 2.42 bits per heavy atom. The van der Waals surface area contributed by atoms with Crippen LogP contribution in [0.3, 0.4) is 0 Å². The van der Waals surface area contributed by atoms with Gasteiger partial charge in [-0.1, -0.05) is 12.8 Å². The third-order valence-corrected chi connectivity index (χ3v) is 8.67. The summed E-state index contributed by atoms with van der Waals surface area (Å²) in [5.74, 6) is 0.345. The molecule has 0 bridgehead atoms. The Balaban J connectivity index is 1.52. The van der Waals surface area contributed by atoms with Gasteiger partial charge in [-0.25, -0.2) is 0 Å². The van der Waals surface area contributed by atoms with Crippen LogP contribution in [0.5, 0.6) is 5.75 Å². The summed E-state index contributed by atoms with van der Waals surface area (Å²) in [5, 5.41) is 3.05. The third kappa shape index (κ3) is 7.07. The van der Waals surface area contributed by atoms with E-state index in [0.717, 1.165) is 32.5 Å². The number of nitrogens with one attached hydrogen (secondary N) is 1. The number of rotatable bonds is 10. The van der Waals surface area contributed by atoms with Gasteiger partial charge in [0, 0.05) is 26.2 Å². The minimum Gasteiger partial charge on any atom is -0.497 e. The van der Waals surface area contributed by atoms with E-state index in [9.17, 15) is 13.2 Å². The smallest absolute Gasteiger partial charge is 0.304 e. The Labute approximate surface area is 199 Å². The molecule has 1 atom stereocenters. The molecule has 1 aromatic carbocycles. The van der Waals surface area contributed by atoms with Gasteiger partial charge in [-0.05, 0) is 82.9 Å². The fraction of sp³-hybridized carbons (Fsp3) is 0.708. The number of carbonyl (C=O) groups is 1. The van der Waals surface area contributed by atoms with Crippen LogP contribution in [0.2, 0.25) is 0 Å². The van der Waals surface area contributed by atoms with E-state index in [0.29, 0.717) is 37.5 Å². The molecule has 0 aliphatic carbocycles. The number of piperidine rings is 1. The summed E-state index contributed by atoms with van der Waals surface area (Å²) >= 11 is 0. The van der Waals surface area contributed by atoms with Crippen molar-refractivity contribution in [3.63, 3.8) is 0 Å². The SMILES string of the molecule is CCN(c1ccc(OC)cc1)S(=O)(=O)N1CCC[C@@H](C(=O)NCCCN2CCCCCC2)C1. The zero-order chi connectivity index (χ0) is 23.7. The van der Waals surface area contributed by atoms with E-state index in [1.165, 1.54) is 34.3 Å². The molecule has 8 nitrogen and oxygen atoms in total. The van der Waals surface area contributed by atoms with Crippen molar-refractivity contribution in [3.8, 4) is 5.75 Å². The minimum absolute atomic E-state index is 0.0294. The number of benzene rings is 1. The van der Waals surface area contributed by atoms with Crippen molar-refractivity contribution in [1.29, 1.82) is 0 Å². The number of methoxy groups -OCH3 is 1. The van der Waals surface area contributed by atoms with Gasteiger partial charge in [-0.15, -0.1) is 0 Å². The normalized spacial score (nSPS) is 20.7. The maximum absolute atomic E-state index is 13.4. The van der Waals surface area contributed by atoms with E-state index < -0.39 is 10.2 Å². The highest BCUT2D eigenvalue weighted by Crippen LogP contribution is 2.26. The van der Waals surface area contributed by atoms with Crippen LogP contribution >= 0.6 is 0 Å². The van der Waals surface area contributed by atoms with Crippen molar-refractivity contribution in [2.75, 3.05) is 57.2 Å². The Morgan fingerprint density at radius 2 is 1.79 bits per heavy atom. The number of hydrogen-bond donors (Lipinski definition) is 1. The number of nitrogens with zero attached hydrogens (tertiary/aromatic N) is 3. The molecule has 0 aromatic heterocycles. The highest BCUT2D eigenvalue weighted by molar-refractivity contribution is 7.90. The maximum Gasteiger partial charge on any atom is 0.304 e. The lowest BCUT2D eigenvalue weighted by molar-refractivity contribution is -0.126. The van der Waals surface area contributed by atoms with Gasteiger partial charge >= 0.3 is 10.2 Å². The number of amides is 1. The van der Waals surface area contributed by atoms with Gasteiger partial charge in [0.05, 0.1) is 18.7 Å².